The number of rotatable bonds is 5. The van der Waals surface area contributed by atoms with Gasteiger partial charge in [-0.2, -0.15) is 0 Å². The molecule has 0 aromatic heterocycles. The molecule has 9 aromatic rings. The van der Waals surface area contributed by atoms with Crippen LogP contribution in [0.2, 0.25) is 0 Å². The van der Waals surface area contributed by atoms with Crippen LogP contribution in [0.1, 0.15) is 47.2 Å². The molecule has 0 aliphatic heterocycles. The van der Waals surface area contributed by atoms with Gasteiger partial charge in [-0.15, -0.1) is 0 Å². The van der Waals surface area contributed by atoms with E-state index in [0.717, 1.165) is 17.1 Å². The third-order valence-electron chi connectivity index (χ3n) is 13.5. The summed E-state index contributed by atoms with van der Waals surface area (Å²) in [6.07, 6.45) is 0. The van der Waals surface area contributed by atoms with Crippen LogP contribution in [0.4, 0.5) is 17.1 Å². The van der Waals surface area contributed by atoms with Gasteiger partial charge >= 0.3 is 0 Å². The molecule has 0 bridgehead atoms. The Kier molecular flexibility index (Phi) is 7.26. The van der Waals surface area contributed by atoms with Crippen LogP contribution in [0.15, 0.2) is 212 Å². The SMILES string of the molecule is CC1(C)c2cc(-c3ccccc3)ccc2-c2ccc(N(c3ccc4c(c3)-c3ccccc3C43c4ccccc4-c4ccccc43)c3ccccc3-c3ccccc3)cc21. The normalized spacial score (nSPS) is 14.2. The average molecular weight is 752 g/mol. The second-order valence-corrected chi connectivity index (χ2v) is 16.8. The number of nitrogens with zero attached hydrogens (tertiary/aromatic N) is 1. The lowest BCUT2D eigenvalue weighted by atomic mass is 9.70. The average Bonchev–Trinajstić information content (AvgIpc) is 3.85. The molecule has 3 aliphatic rings. The van der Waals surface area contributed by atoms with Gasteiger partial charge in [0.1, 0.15) is 0 Å². The van der Waals surface area contributed by atoms with Crippen molar-refractivity contribution in [1.29, 1.82) is 0 Å². The minimum atomic E-state index is -0.383. The van der Waals surface area contributed by atoms with Crippen LogP contribution in [0.3, 0.4) is 0 Å². The number of benzene rings is 9. The quantitative estimate of drug-likeness (QED) is 0.169. The summed E-state index contributed by atoms with van der Waals surface area (Å²) < 4.78 is 0. The largest absolute Gasteiger partial charge is 0.310 e. The first-order valence-corrected chi connectivity index (χ1v) is 20.8. The molecule has 0 saturated carbocycles. The molecule has 0 atom stereocenters. The first kappa shape index (κ1) is 33.9. The van der Waals surface area contributed by atoms with E-state index in [2.05, 4.69) is 231 Å². The van der Waals surface area contributed by atoms with E-state index in [1.165, 1.54) is 89.0 Å². The zero-order valence-corrected chi connectivity index (χ0v) is 33.2. The lowest BCUT2D eigenvalue weighted by Gasteiger charge is -2.32. The van der Waals surface area contributed by atoms with Crippen molar-refractivity contribution in [2.45, 2.75) is 24.7 Å². The summed E-state index contributed by atoms with van der Waals surface area (Å²) in [7, 11) is 0. The summed E-state index contributed by atoms with van der Waals surface area (Å²) in [6, 6.07) is 79.1. The van der Waals surface area contributed by atoms with Crippen molar-refractivity contribution in [3.05, 3.63) is 246 Å². The Morgan fingerprint density at radius 2 is 0.729 bits per heavy atom. The molecule has 1 spiro atoms. The lowest BCUT2D eigenvalue weighted by Crippen LogP contribution is -2.25. The minimum Gasteiger partial charge on any atom is -0.310 e. The van der Waals surface area contributed by atoms with Crippen molar-refractivity contribution in [2.24, 2.45) is 0 Å². The van der Waals surface area contributed by atoms with Crippen molar-refractivity contribution in [3.8, 4) is 55.6 Å². The summed E-state index contributed by atoms with van der Waals surface area (Å²) in [5, 5.41) is 0. The van der Waals surface area contributed by atoms with Gasteiger partial charge in [0.05, 0.1) is 11.1 Å². The van der Waals surface area contributed by atoms with E-state index < -0.39 is 0 Å². The third kappa shape index (κ3) is 4.73. The van der Waals surface area contributed by atoms with Crippen molar-refractivity contribution in [2.75, 3.05) is 4.90 Å². The first-order chi connectivity index (χ1) is 29.0. The summed E-state index contributed by atoms with van der Waals surface area (Å²) in [4.78, 5) is 2.50. The van der Waals surface area contributed by atoms with E-state index in [-0.39, 0.29) is 10.8 Å². The predicted octanol–water partition coefficient (Wildman–Crippen LogP) is 15.1. The van der Waals surface area contributed by atoms with Crippen LogP contribution >= 0.6 is 0 Å². The second kappa shape index (κ2) is 12.6. The molecule has 278 valence electrons. The van der Waals surface area contributed by atoms with Gasteiger partial charge in [0.15, 0.2) is 0 Å². The van der Waals surface area contributed by atoms with Gasteiger partial charge < -0.3 is 4.90 Å². The van der Waals surface area contributed by atoms with Crippen molar-refractivity contribution >= 4 is 17.1 Å². The molecule has 12 rings (SSSR count). The molecule has 0 N–H and O–H groups in total. The van der Waals surface area contributed by atoms with E-state index in [1.54, 1.807) is 0 Å². The smallest absolute Gasteiger partial charge is 0.0725 e. The monoisotopic (exact) mass is 751 g/mol. The Hall–Kier alpha value is -7.22. The highest BCUT2D eigenvalue weighted by Crippen LogP contribution is 2.63. The zero-order chi connectivity index (χ0) is 39.3. The molecule has 0 unspecified atom stereocenters. The summed E-state index contributed by atoms with van der Waals surface area (Å²) in [6.45, 7) is 4.78. The fourth-order valence-corrected chi connectivity index (χ4v) is 10.9. The maximum atomic E-state index is 2.50. The number of anilines is 3. The minimum absolute atomic E-state index is 0.192. The highest BCUT2D eigenvalue weighted by atomic mass is 15.1. The van der Waals surface area contributed by atoms with Crippen LogP contribution in [0, 0.1) is 0 Å². The Balaban J connectivity index is 1.08. The van der Waals surface area contributed by atoms with E-state index >= 15 is 0 Å². The van der Waals surface area contributed by atoms with Crippen LogP contribution in [-0.2, 0) is 10.8 Å². The standard InChI is InChI=1S/C58H41N/c1-57(2)54-35-40(38-17-5-3-6-18-38)29-32-47(54)48-33-30-42(37-55(48)57)59(56-28-16-12-21-43(56)39-19-7-4-8-20-39)41-31-34-53-49(36-41)46-24-11-15-27-52(46)58(53)50-25-13-9-22-44(50)45-23-10-14-26-51(45)58/h3-37H,1-2H3. The van der Waals surface area contributed by atoms with Gasteiger partial charge in [-0.25, -0.2) is 0 Å². The maximum absolute atomic E-state index is 2.50. The van der Waals surface area contributed by atoms with Gasteiger partial charge in [0.2, 0.25) is 0 Å². The summed E-state index contributed by atoms with van der Waals surface area (Å²) in [5.41, 5.74) is 23.8. The topological polar surface area (TPSA) is 3.24 Å². The molecular formula is C58H41N. The molecule has 0 radical (unpaired) electrons. The van der Waals surface area contributed by atoms with Gasteiger partial charge in [-0.3, -0.25) is 0 Å². The zero-order valence-electron chi connectivity index (χ0n) is 33.2. The van der Waals surface area contributed by atoms with Crippen LogP contribution in [0.25, 0.3) is 55.6 Å². The highest BCUT2D eigenvalue weighted by Gasteiger charge is 2.51. The van der Waals surface area contributed by atoms with Gasteiger partial charge in [-0.05, 0) is 120 Å². The van der Waals surface area contributed by atoms with Crippen LogP contribution < -0.4 is 4.90 Å². The number of fused-ring (bicyclic) bond motifs is 13. The lowest BCUT2D eigenvalue weighted by molar-refractivity contribution is 0.660. The first-order valence-electron chi connectivity index (χ1n) is 20.8. The summed E-state index contributed by atoms with van der Waals surface area (Å²) in [5.74, 6) is 0. The third-order valence-corrected chi connectivity index (χ3v) is 13.5. The van der Waals surface area contributed by atoms with Gasteiger partial charge in [0, 0.05) is 22.4 Å². The van der Waals surface area contributed by atoms with Crippen molar-refractivity contribution in [3.63, 3.8) is 0 Å². The maximum Gasteiger partial charge on any atom is 0.0725 e. The molecule has 0 heterocycles. The molecule has 9 aromatic carbocycles. The van der Waals surface area contributed by atoms with Gasteiger partial charge in [0.25, 0.3) is 0 Å². The van der Waals surface area contributed by atoms with Crippen LogP contribution in [0.5, 0.6) is 0 Å². The van der Waals surface area contributed by atoms with Gasteiger partial charge in [-0.1, -0.05) is 190 Å². The molecule has 0 amide bonds. The molecule has 0 fully saturated rings. The predicted molar refractivity (Wildman–Crippen MR) is 246 cm³/mol. The van der Waals surface area contributed by atoms with E-state index in [9.17, 15) is 0 Å². The molecule has 1 heteroatoms. The van der Waals surface area contributed by atoms with E-state index in [4.69, 9.17) is 0 Å². The molecule has 3 aliphatic carbocycles. The van der Waals surface area contributed by atoms with E-state index in [1.807, 2.05) is 0 Å². The highest BCUT2D eigenvalue weighted by molar-refractivity contribution is 5.98. The second-order valence-electron chi connectivity index (χ2n) is 16.8. The number of para-hydroxylation sites is 1. The Labute approximate surface area is 346 Å². The number of hydrogen-bond acceptors (Lipinski definition) is 1. The summed E-state index contributed by atoms with van der Waals surface area (Å²) >= 11 is 0. The Morgan fingerprint density at radius 1 is 0.288 bits per heavy atom. The Bertz CT molecular complexity index is 3090. The molecule has 0 saturated heterocycles. The fraction of sp³-hybridized carbons (Fsp3) is 0.0690. The molecule has 59 heavy (non-hydrogen) atoms. The Morgan fingerprint density at radius 3 is 1.37 bits per heavy atom. The van der Waals surface area contributed by atoms with Crippen molar-refractivity contribution < 1.29 is 0 Å². The van der Waals surface area contributed by atoms with E-state index in [0.29, 0.717) is 0 Å². The van der Waals surface area contributed by atoms with Crippen molar-refractivity contribution in [1.82, 2.24) is 0 Å². The molecular weight excluding hydrogens is 711 g/mol. The molecule has 1 nitrogen and oxygen atoms in total. The fourth-order valence-electron chi connectivity index (χ4n) is 10.9. The van der Waals surface area contributed by atoms with Crippen LogP contribution in [-0.4, -0.2) is 0 Å². The number of hydrogen-bond donors (Lipinski definition) is 0.